The van der Waals surface area contributed by atoms with Crippen LogP contribution in [-0.4, -0.2) is 42.8 Å². The predicted molar refractivity (Wildman–Crippen MR) is 147 cm³/mol. The molecule has 0 aliphatic carbocycles. The van der Waals surface area contributed by atoms with Crippen LogP contribution in [0.1, 0.15) is 60.5 Å². The Morgan fingerprint density at radius 2 is 1.32 bits per heavy atom. The second-order valence-corrected chi connectivity index (χ2v) is 11.7. The quantitative estimate of drug-likeness (QED) is 0.254. The van der Waals surface area contributed by atoms with Crippen molar-refractivity contribution in [3.8, 4) is 17.2 Å². The molecule has 0 amide bonds. The maximum atomic E-state index is 12.8. The Hall–Kier alpha value is -3.92. The van der Waals surface area contributed by atoms with Crippen LogP contribution in [0, 0.1) is 10.8 Å². The number of hydrogen-bond donors (Lipinski definition) is 1. The Kier molecular flexibility index (Phi) is 10.5. The molecule has 0 bridgehead atoms. The first-order valence-electron chi connectivity index (χ1n) is 12.8. The molecule has 0 radical (unpaired) electrons. The number of para-hydroxylation sites is 1. The summed E-state index contributed by atoms with van der Waals surface area (Å²) in [5.41, 5.74) is 3.72. The molecule has 2 aromatic carbocycles. The fourth-order valence-electron chi connectivity index (χ4n) is 3.46. The minimum atomic E-state index is -1.63. The molecule has 0 fully saturated rings. The fraction of sp³-hybridized carbons (Fsp3) is 0.467. The highest BCUT2D eigenvalue weighted by atomic mass is 16.7. The van der Waals surface area contributed by atoms with Crippen molar-refractivity contribution in [2.75, 3.05) is 7.11 Å². The van der Waals surface area contributed by atoms with E-state index in [1.165, 1.54) is 19.2 Å². The number of benzene rings is 2. The van der Waals surface area contributed by atoms with Crippen LogP contribution in [0.5, 0.6) is 17.2 Å². The van der Waals surface area contributed by atoms with Crippen LogP contribution in [0.3, 0.4) is 0 Å². The average molecular weight is 558 g/mol. The first kappa shape index (κ1) is 32.3. The van der Waals surface area contributed by atoms with Gasteiger partial charge in [0, 0.05) is 12.8 Å². The molecule has 0 aromatic heterocycles. The predicted octanol–water partition coefficient (Wildman–Crippen LogP) is 5.00. The fourth-order valence-corrected chi connectivity index (χ4v) is 3.46. The topological polar surface area (TPSA) is 140 Å². The maximum absolute atomic E-state index is 12.8. The van der Waals surface area contributed by atoms with Gasteiger partial charge in [0.25, 0.3) is 0 Å². The molecule has 0 aliphatic rings. The third-order valence-electron chi connectivity index (χ3n) is 5.64. The largest absolute Gasteiger partial charge is 0.514 e. The van der Waals surface area contributed by atoms with Crippen molar-refractivity contribution in [1.82, 2.24) is 0 Å². The van der Waals surface area contributed by atoms with Gasteiger partial charge in [0.15, 0.2) is 11.5 Å². The number of carbonyl (C=O) groups excluding carboxylic acids is 4. The molecular formula is C30H39NO9. The van der Waals surface area contributed by atoms with E-state index >= 15 is 0 Å². The molecule has 2 N–H and O–H groups in total. The summed E-state index contributed by atoms with van der Waals surface area (Å²) < 4.78 is 26.5. The van der Waals surface area contributed by atoms with Crippen molar-refractivity contribution < 1.29 is 42.9 Å². The van der Waals surface area contributed by atoms with E-state index in [4.69, 9.17) is 29.4 Å². The van der Waals surface area contributed by atoms with Crippen LogP contribution in [-0.2, 0) is 30.3 Å². The summed E-state index contributed by atoms with van der Waals surface area (Å²) in [5.74, 6) is -1.47. The second kappa shape index (κ2) is 13.0. The molecule has 40 heavy (non-hydrogen) atoms. The molecule has 10 nitrogen and oxygen atoms in total. The zero-order valence-electron chi connectivity index (χ0n) is 24.4. The van der Waals surface area contributed by atoms with E-state index in [1.807, 2.05) is 0 Å². The Bertz CT molecular complexity index is 1210. The number of ether oxygens (including phenoxy) is 5. The van der Waals surface area contributed by atoms with E-state index in [-0.39, 0.29) is 24.3 Å². The number of nitrogens with two attached hydrogens (primary N) is 1. The van der Waals surface area contributed by atoms with Crippen LogP contribution in [0.4, 0.5) is 4.79 Å². The summed E-state index contributed by atoms with van der Waals surface area (Å²) >= 11 is 0. The van der Waals surface area contributed by atoms with Gasteiger partial charge >= 0.3 is 24.1 Å². The van der Waals surface area contributed by atoms with Gasteiger partial charge in [-0.15, -0.1) is 0 Å². The van der Waals surface area contributed by atoms with Gasteiger partial charge in [-0.2, -0.15) is 0 Å². The monoisotopic (exact) mass is 557 g/mol. The van der Waals surface area contributed by atoms with E-state index in [1.54, 1.807) is 84.9 Å². The van der Waals surface area contributed by atoms with Gasteiger partial charge in [0.2, 0.25) is 0 Å². The molecule has 0 aliphatic heterocycles. The lowest BCUT2D eigenvalue weighted by atomic mass is 9.86. The standard InChI is InChI=1S/C30H39NO9/c1-19(37-27(35)38-21-12-10-9-11-13-21)17-30(31,26(34)36-8)18-20-14-15-22(39-24(32)28(2,3)4)23(16-20)40-25(33)29(5,6)7/h9-16,19H,17-18,31H2,1-8H3/t19?,30-/m1/s1. The molecule has 2 aromatic rings. The van der Waals surface area contributed by atoms with E-state index in [2.05, 4.69) is 0 Å². The highest BCUT2D eigenvalue weighted by Gasteiger charge is 2.39. The van der Waals surface area contributed by atoms with Gasteiger partial charge < -0.3 is 29.4 Å². The van der Waals surface area contributed by atoms with Crippen LogP contribution in [0.2, 0.25) is 0 Å². The smallest absolute Gasteiger partial charge is 0.468 e. The first-order valence-corrected chi connectivity index (χ1v) is 12.8. The van der Waals surface area contributed by atoms with Crippen molar-refractivity contribution >= 4 is 24.1 Å². The molecule has 1 unspecified atom stereocenters. The lowest BCUT2D eigenvalue weighted by Gasteiger charge is -2.29. The number of esters is 3. The van der Waals surface area contributed by atoms with Crippen LogP contribution in [0.25, 0.3) is 0 Å². The number of rotatable bonds is 9. The summed E-state index contributed by atoms with van der Waals surface area (Å²) in [6.45, 7) is 11.7. The van der Waals surface area contributed by atoms with Crippen molar-refractivity contribution in [2.24, 2.45) is 16.6 Å². The van der Waals surface area contributed by atoms with Crippen molar-refractivity contribution in [2.45, 2.75) is 73.0 Å². The van der Waals surface area contributed by atoms with Gasteiger partial charge in [-0.3, -0.25) is 14.4 Å². The molecule has 0 spiro atoms. The zero-order valence-corrected chi connectivity index (χ0v) is 24.4. The van der Waals surface area contributed by atoms with Crippen molar-refractivity contribution in [3.05, 3.63) is 54.1 Å². The molecule has 218 valence electrons. The lowest BCUT2D eigenvalue weighted by Crippen LogP contribution is -2.53. The Labute approximate surface area is 235 Å². The lowest BCUT2D eigenvalue weighted by molar-refractivity contribution is -0.148. The van der Waals surface area contributed by atoms with Crippen molar-refractivity contribution in [3.63, 3.8) is 0 Å². The summed E-state index contributed by atoms with van der Waals surface area (Å²) in [5, 5.41) is 0. The Morgan fingerprint density at radius 1 is 0.775 bits per heavy atom. The zero-order chi connectivity index (χ0) is 30.3. The number of methoxy groups -OCH3 is 1. The van der Waals surface area contributed by atoms with Gasteiger partial charge in [-0.1, -0.05) is 24.3 Å². The van der Waals surface area contributed by atoms with Gasteiger partial charge in [-0.25, -0.2) is 4.79 Å². The van der Waals surface area contributed by atoms with Crippen LogP contribution < -0.4 is 19.9 Å². The molecule has 10 heteroatoms. The normalized spacial score (nSPS) is 13.8. The van der Waals surface area contributed by atoms with Gasteiger partial charge in [0.1, 0.15) is 17.4 Å². The Morgan fingerprint density at radius 3 is 1.85 bits per heavy atom. The maximum Gasteiger partial charge on any atom is 0.514 e. The second-order valence-electron chi connectivity index (χ2n) is 11.7. The summed E-state index contributed by atoms with van der Waals surface area (Å²) in [6.07, 6.45) is -1.96. The van der Waals surface area contributed by atoms with E-state index in [9.17, 15) is 19.2 Å². The minimum Gasteiger partial charge on any atom is -0.468 e. The number of hydrogen-bond acceptors (Lipinski definition) is 10. The summed E-state index contributed by atoms with van der Waals surface area (Å²) in [7, 11) is 1.20. The Balaban J connectivity index is 2.31. The highest BCUT2D eigenvalue weighted by Crippen LogP contribution is 2.34. The molecule has 2 atom stereocenters. The number of carbonyl (C=O) groups is 4. The molecule has 0 saturated heterocycles. The highest BCUT2D eigenvalue weighted by molar-refractivity contribution is 5.82. The van der Waals surface area contributed by atoms with Crippen LogP contribution in [0.15, 0.2) is 48.5 Å². The third kappa shape index (κ3) is 9.37. The molecular weight excluding hydrogens is 518 g/mol. The molecule has 2 rings (SSSR count). The average Bonchev–Trinajstić information content (AvgIpc) is 2.84. The van der Waals surface area contributed by atoms with E-state index < -0.39 is 46.5 Å². The summed E-state index contributed by atoms with van der Waals surface area (Å²) in [4.78, 5) is 50.3. The van der Waals surface area contributed by atoms with E-state index in [0.717, 1.165) is 0 Å². The van der Waals surface area contributed by atoms with Gasteiger partial charge in [0.05, 0.1) is 17.9 Å². The SMILES string of the molecule is COC(=O)[C@](N)(Cc1ccc(OC(=O)C(C)(C)C)c(OC(=O)C(C)(C)C)c1)CC(C)OC(=O)Oc1ccccc1. The summed E-state index contributed by atoms with van der Waals surface area (Å²) in [6, 6.07) is 12.9. The molecule has 0 saturated carbocycles. The minimum absolute atomic E-state index is 0.00187. The van der Waals surface area contributed by atoms with E-state index in [0.29, 0.717) is 11.3 Å². The first-order chi connectivity index (χ1) is 18.4. The molecule has 0 heterocycles. The van der Waals surface area contributed by atoms with Gasteiger partial charge in [-0.05, 0) is 78.3 Å². The third-order valence-corrected chi connectivity index (χ3v) is 5.64. The van der Waals surface area contributed by atoms with Crippen molar-refractivity contribution in [1.29, 1.82) is 0 Å². The van der Waals surface area contributed by atoms with Crippen LogP contribution >= 0.6 is 0 Å².